The number of imide groups is 1. The molecule has 2 amide bonds. The van der Waals surface area contributed by atoms with Crippen molar-refractivity contribution in [3.8, 4) is 17.9 Å². The van der Waals surface area contributed by atoms with Gasteiger partial charge in [0.15, 0.2) is 0 Å². The number of ether oxygens (including phenoxy) is 2. The van der Waals surface area contributed by atoms with Crippen LogP contribution in [-0.4, -0.2) is 29.6 Å². The molecule has 4 unspecified atom stereocenters. The van der Waals surface area contributed by atoms with Crippen molar-refractivity contribution >= 4 is 28.3 Å². The number of fused-ring (bicyclic) bond motifs is 6. The molecule has 7 nitrogen and oxygen atoms in total. The van der Waals surface area contributed by atoms with Crippen molar-refractivity contribution in [1.29, 1.82) is 10.5 Å². The summed E-state index contributed by atoms with van der Waals surface area (Å²) in [6.45, 7) is 2.41. The number of nitriles is 2. The van der Waals surface area contributed by atoms with E-state index in [1.54, 1.807) is 36.4 Å². The average Bonchev–Trinajstić information content (AvgIpc) is 3.54. The number of anilines is 1. The van der Waals surface area contributed by atoms with Crippen molar-refractivity contribution in [2.45, 2.75) is 50.2 Å². The molecule has 3 aromatic carbocycles. The highest BCUT2D eigenvalue weighted by atomic mass is 16.5. The summed E-state index contributed by atoms with van der Waals surface area (Å²) in [6.07, 6.45) is 3.49. The highest BCUT2D eigenvalue weighted by Gasteiger charge is 2.75. The Labute approximate surface area is 221 Å². The van der Waals surface area contributed by atoms with E-state index in [4.69, 9.17) is 14.7 Å². The molecular formula is C31H27N3O4. The van der Waals surface area contributed by atoms with Crippen LogP contribution in [0.2, 0.25) is 0 Å². The molecule has 3 heterocycles. The Morgan fingerprint density at radius 1 is 0.895 bits per heavy atom. The summed E-state index contributed by atoms with van der Waals surface area (Å²) in [6, 6.07) is 22.0. The maximum Gasteiger partial charge on any atom is 0.240 e. The topological polar surface area (TPSA) is 103 Å². The average molecular weight is 506 g/mol. The summed E-state index contributed by atoms with van der Waals surface area (Å²) in [5, 5.41) is 20.0. The first-order valence-corrected chi connectivity index (χ1v) is 13.1. The second-order valence-corrected chi connectivity index (χ2v) is 10.5. The zero-order valence-corrected chi connectivity index (χ0v) is 21.1. The van der Waals surface area contributed by atoms with Crippen LogP contribution in [0.15, 0.2) is 60.7 Å². The van der Waals surface area contributed by atoms with E-state index in [0.29, 0.717) is 53.8 Å². The number of amides is 2. The van der Waals surface area contributed by atoms with E-state index < -0.39 is 23.0 Å². The maximum atomic E-state index is 14.1. The van der Waals surface area contributed by atoms with E-state index in [-0.39, 0.29) is 11.8 Å². The fourth-order valence-electron chi connectivity index (χ4n) is 6.96. The Hall–Kier alpha value is -4.20. The lowest BCUT2D eigenvalue weighted by Crippen LogP contribution is -2.43. The maximum absolute atomic E-state index is 14.1. The first-order valence-electron chi connectivity index (χ1n) is 13.1. The lowest BCUT2D eigenvalue weighted by atomic mass is 9.65. The molecule has 3 aromatic rings. The Bertz CT molecular complexity index is 1540. The molecule has 0 aromatic heterocycles. The fourth-order valence-corrected chi connectivity index (χ4v) is 6.96. The quantitative estimate of drug-likeness (QED) is 0.406. The number of rotatable bonds is 7. The molecule has 190 valence electrons. The number of hydrogen-bond donors (Lipinski definition) is 0. The van der Waals surface area contributed by atoms with E-state index in [1.807, 2.05) is 24.3 Å². The van der Waals surface area contributed by atoms with Crippen LogP contribution >= 0.6 is 0 Å². The standard InChI is InChI=1S/C31H27N3O4/c1-2-13-30-14-15-31(38-30,16-17-37-22-10-7-20(18-32)8-11-22)27-26(30)28(35)34(29(27)36)25-12-9-21(19-33)23-5-3-4-6-24(23)25/h3-12,26-27H,2,13-17H2,1H3. The first-order chi connectivity index (χ1) is 18.5. The molecule has 3 aliphatic rings. The highest BCUT2D eigenvalue weighted by Crippen LogP contribution is 2.64. The summed E-state index contributed by atoms with van der Waals surface area (Å²) in [4.78, 5) is 29.6. The minimum atomic E-state index is -0.768. The summed E-state index contributed by atoms with van der Waals surface area (Å²) in [7, 11) is 0. The molecule has 3 aliphatic heterocycles. The van der Waals surface area contributed by atoms with Gasteiger partial charge in [0.1, 0.15) is 5.75 Å². The van der Waals surface area contributed by atoms with Crippen LogP contribution in [0.3, 0.4) is 0 Å². The van der Waals surface area contributed by atoms with E-state index in [0.717, 1.165) is 18.2 Å². The van der Waals surface area contributed by atoms with Crippen LogP contribution in [0.25, 0.3) is 10.8 Å². The Morgan fingerprint density at radius 2 is 1.55 bits per heavy atom. The SMILES string of the molecule is CCCC12CCC(CCOc3ccc(C#N)cc3)(O1)C1C(=O)N(c3ccc(C#N)c4ccccc34)C(=O)C12. The molecule has 0 N–H and O–H groups in total. The number of carbonyl (C=O) groups excluding carboxylic acids is 2. The largest absolute Gasteiger partial charge is 0.493 e. The Morgan fingerprint density at radius 3 is 2.18 bits per heavy atom. The molecule has 7 heteroatoms. The molecule has 2 bridgehead atoms. The van der Waals surface area contributed by atoms with Gasteiger partial charge in [-0.2, -0.15) is 10.5 Å². The van der Waals surface area contributed by atoms with Crippen molar-refractivity contribution in [2.75, 3.05) is 11.5 Å². The molecule has 0 saturated carbocycles. The van der Waals surface area contributed by atoms with Gasteiger partial charge in [-0.25, -0.2) is 4.90 Å². The van der Waals surface area contributed by atoms with Gasteiger partial charge in [0.05, 0.1) is 58.6 Å². The van der Waals surface area contributed by atoms with E-state index in [1.165, 1.54) is 4.90 Å². The minimum Gasteiger partial charge on any atom is -0.493 e. The third-order valence-electron chi connectivity index (χ3n) is 8.53. The fraction of sp³-hybridized carbons (Fsp3) is 0.355. The number of carbonyl (C=O) groups is 2. The van der Waals surface area contributed by atoms with Crippen molar-refractivity contribution in [1.82, 2.24) is 0 Å². The molecular weight excluding hydrogens is 478 g/mol. The predicted octanol–water partition coefficient (Wildman–Crippen LogP) is 5.26. The zero-order valence-electron chi connectivity index (χ0n) is 21.1. The minimum absolute atomic E-state index is 0.210. The van der Waals surface area contributed by atoms with E-state index >= 15 is 0 Å². The van der Waals surface area contributed by atoms with Gasteiger partial charge in [0.25, 0.3) is 0 Å². The number of nitrogens with zero attached hydrogens (tertiary/aromatic N) is 3. The number of hydrogen-bond acceptors (Lipinski definition) is 6. The Balaban J connectivity index is 1.34. The van der Waals surface area contributed by atoms with Gasteiger partial charge in [-0.1, -0.05) is 37.6 Å². The molecule has 0 radical (unpaired) electrons. The summed E-state index contributed by atoms with van der Waals surface area (Å²) >= 11 is 0. The van der Waals surface area contributed by atoms with Crippen LogP contribution in [0.5, 0.6) is 5.75 Å². The van der Waals surface area contributed by atoms with Gasteiger partial charge < -0.3 is 9.47 Å². The third kappa shape index (κ3) is 3.43. The van der Waals surface area contributed by atoms with E-state index in [9.17, 15) is 14.9 Å². The van der Waals surface area contributed by atoms with E-state index in [2.05, 4.69) is 19.1 Å². The number of benzene rings is 3. The van der Waals surface area contributed by atoms with Gasteiger partial charge in [-0.15, -0.1) is 0 Å². The van der Waals surface area contributed by atoms with Crippen molar-refractivity contribution in [3.63, 3.8) is 0 Å². The van der Waals surface area contributed by atoms with Gasteiger partial charge >= 0.3 is 0 Å². The van der Waals surface area contributed by atoms with Gasteiger partial charge in [0, 0.05) is 17.2 Å². The lowest BCUT2D eigenvalue weighted by molar-refractivity contribution is -0.132. The van der Waals surface area contributed by atoms with Crippen LogP contribution in [0.4, 0.5) is 5.69 Å². The van der Waals surface area contributed by atoms with Crippen molar-refractivity contribution in [2.24, 2.45) is 11.8 Å². The monoisotopic (exact) mass is 505 g/mol. The molecule has 4 atom stereocenters. The second kappa shape index (κ2) is 8.97. The molecule has 38 heavy (non-hydrogen) atoms. The smallest absolute Gasteiger partial charge is 0.240 e. The lowest BCUT2D eigenvalue weighted by Gasteiger charge is -2.31. The van der Waals surface area contributed by atoms with Crippen molar-refractivity contribution in [3.05, 3.63) is 71.8 Å². The second-order valence-electron chi connectivity index (χ2n) is 10.5. The first kappa shape index (κ1) is 24.2. The molecule has 3 fully saturated rings. The van der Waals surface area contributed by atoms with Crippen LogP contribution in [-0.2, 0) is 14.3 Å². The van der Waals surface area contributed by atoms with Crippen LogP contribution < -0.4 is 9.64 Å². The van der Waals surface area contributed by atoms with Crippen LogP contribution in [0, 0.1) is 34.5 Å². The summed E-state index contributed by atoms with van der Waals surface area (Å²) in [5.41, 5.74) is 0.169. The van der Waals surface area contributed by atoms with Crippen molar-refractivity contribution < 1.29 is 19.1 Å². The molecule has 6 rings (SSSR count). The van der Waals surface area contributed by atoms with Gasteiger partial charge in [-0.05, 0) is 55.7 Å². The van der Waals surface area contributed by atoms with Crippen LogP contribution in [0.1, 0.15) is 50.2 Å². The zero-order chi connectivity index (χ0) is 26.5. The van der Waals surface area contributed by atoms with Gasteiger partial charge in [0.2, 0.25) is 11.8 Å². The third-order valence-corrected chi connectivity index (χ3v) is 8.53. The summed E-state index contributed by atoms with van der Waals surface area (Å²) < 4.78 is 12.7. The highest BCUT2D eigenvalue weighted by molar-refractivity contribution is 6.26. The molecule has 0 spiro atoms. The Kier molecular flexibility index (Phi) is 5.70. The molecule has 3 saturated heterocycles. The predicted molar refractivity (Wildman–Crippen MR) is 140 cm³/mol. The normalized spacial score (nSPS) is 27.4. The molecule has 0 aliphatic carbocycles. The van der Waals surface area contributed by atoms with Gasteiger partial charge in [-0.3, -0.25) is 9.59 Å². The summed E-state index contributed by atoms with van der Waals surface area (Å²) in [5.74, 6) is -0.904.